The first-order chi connectivity index (χ1) is 9.25. The standard InChI is InChI=1S/C16H24N2S/c1-13(15-10-6-3-7-11-15)18-16(17)19-12-14-8-4-2-5-9-14/h3,6-7,10-11,13-14H,2,4-5,8-9,12H2,1H3,(H2,17,18)/t13-/m0/s1. The van der Waals surface area contributed by atoms with Gasteiger partial charge >= 0.3 is 0 Å². The van der Waals surface area contributed by atoms with Crippen LogP contribution in [0.25, 0.3) is 0 Å². The van der Waals surface area contributed by atoms with Gasteiger partial charge in [-0.2, -0.15) is 0 Å². The Morgan fingerprint density at radius 3 is 2.63 bits per heavy atom. The van der Waals surface area contributed by atoms with E-state index in [4.69, 9.17) is 5.73 Å². The van der Waals surface area contributed by atoms with Crippen LogP contribution in [0.15, 0.2) is 35.3 Å². The fourth-order valence-electron chi connectivity index (χ4n) is 2.59. The maximum Gasteiger partial charge on any atom is 0.154 e. The van der Waals surface area contributed by atoms with Gasteiger partial charge in [-0.15, -0.1) is 0 Å². The third-order valence-electron chi connectivity index (χ3n) is 3.79. The van der Waals surface area contributed by atoms with Crippen molar-refractivity contribution in [2.75, 3.05) is 5.75 Å². The van der Waals surface area contributed by atoms with E-state index in [9.17, 15) is 0 Å². The van der Waals surface area contributed by atoms with E-state index in [-0.39, 0.29) is 6.04 Å². The lowest BCUT2D eigenvalue weighted by atomic mass is 9.91. The van der Waals surface area contributed by atoms with E-state index >= 15 is 0 Å². The number of benzene rings is 1. The van der Waals surface area contributed by atoms with Gasteiger partial charge in [-0.05, 0) is 31.2 Å². The van der Waals surface area contributed by atoms with E-state index in [1.54, 1.807) is 11.8 Å². The summed E-state index contributed by atoms with van der Waals surface area (Å²) >= 11 is 1.73. The molecule has 104 valence electrons. The molecule has 1 aliphatic rings. The predicted molar refractivity (Wildman–Crippen MR) is 85.5 cm³/mol. The Kier molecular flexibility index (Phi) is 5.77. The van der Waals surface area contributed by atoms with Crippen molar-refractivity contribution in [2.24, 2.45) is 16.6 Å². The van der Waals surface area contributed by atoms with Gasteiger partial charge in [-0.25, -0.2) is 0 Å². The van der Waals surface area contributed by atoms with Crippen molar-refractivity contribution >= 4 is 16.9 Å². The van der Waals surface area contributed by atoms with Gasteiger partial charge in [-0.1, -0.05) is 61.4 Å². The zero-order valence-electron chi connectivity index (χ0n) is 11.7. The molecule has 0 radical (unpaired) electrons. The molecule has 2 N–H and O–H groups in total. The molecular formula is C16H24N2S. The summed E-state index contributed by atoms with van der Waals surface area (Å²) in [6.07, 6.45) is 6.93. The Bertz CT molecular complexity index is 396. The molecule has 1 aliphatic carbocycles. The Morgan fingerprint density at radius 2 is 1.95 bits per heavy atom. The first kappa shape index (κ1) is 14.4. The summed E-state index contributed by atoms with van der Waals surface area (Å²) in [4.78, 5) is 4.59. The van der Waals surface area contributed by atoms with E-state index in [1.165, 1.54) is 37.7 Å². The first-order valence-electron chi connectivity index (χ1n) is 7.26. The summed E-state index contributed by atoms with van der Waals surface area (Å²) in [5, 5.41) is 0.738. The highest BCUT2D eigenvalue weighted by Crippen LogP contribution is 2.27. The van der Waals surface area contributed by atoms with Crippen LogP contribution in [0.3, 0.4) is 0 Å². The third kappa shape index (κ3) is 4.90. The third-order valence-corrected chi connectivity index (χ3v) is 4.83. The SMILES string of the molecule is C[C@H](N=C(N)SCC1CCCCC1)c1ccccc1. The van der Waals surface area contributed by atoms with Crippen LogP contribution in [0.4, 0.5) is 0 Å². The molecule has 0 bridgehead atoms. The quantitative estimate of drug-likeness (QED) is 0.655. The average Bonchev–Trinajstić information content (AvgIpc) is 2.47. The van der Waals surface area contributed by atoms with Crippen molar-refractivity contribution in [1.29, 1.82) is 0 Å². The lowest BCUT2D eigenvalue weighted by Gasteiger charge is -2.20. The molecule has 1 atom stereocenters. The highest BCUT2D eigenvalue weighted by molar-refractivity contribution is 8.13. The van der Waals surface area contributed by atoms with Crippen molar-refractivity contribution in [3.05, 3.63) is 35.9 Å². The molecule has 0 unspecified atom stereocenters. The molecule has 0 spiro atoms. The van der Waals surface area contributed by atoms with E-state index < -0.39 is 0 Å². The molecular weight excluding hydrogens is 252 g/mol. The molecule has 2 rings (SSSR count). The Balaban J connectivity index is 1.81. The zero-order valence-corrected chi connectivity index (χ0v) is 12.5. The minimum atomic E-state index is 0.153. The van der Waals surface area contributed by atoms with Crippen LogP contribution in [-0.4, -0.2) is 10.9 Å². The molecule has 0 aromatic heterocycles. The van der Waals surface area contributed by atoms with Gasteiger partial charge < -0.3 is 5.73 Å². The van der Waals surface area contributed by atoms with Crippen molar-refractivity contribution < 1.29 is 0 Å². The van der Waals surface area contributed by atoms with E-state index in [0.717, 1.165) is 16.8 Å². The lowest BCUT2D eigenvalue weighted by molar-refractivity contribution is 0.391. The number of hydrogen-bond donors (Lipinski definition) is 1. The van der Waals surface area contributed by atoms with Gasteiger partial charge in [0.2, 0.25) is 0 Å². The second-order valence-corrected chi connectivity index (χ2v) is 6.41. The fourth-order valence-corrected chi connectivity index (χ4v) is 3.56. The molecule has 1 aromatic carbocycles. The highest BCUT2D eigenvalue weighted by atomic mass is 32.2. The summed E-state index contributed by atoms with van der Waals surface area (Å²) in [5.74, 6) is 1.98. The topological polar surface area (TPSA) is 38.4 Å². The molecule has 0 saturated heterocycles. The summed E-state index contributed by atoms with van der Waals surface area (Å²) in [7, 11) is 0. The summed E-state index contributed by atoms with van der Waals surface area (Å²) in [6.45, 7) is 2.10. The van der Waals surface area contributed by atoms with Crippen molar-refractivity contribution in [1.82, 2.24) is 0 Å². The normalized spacial score (nSPS) is 19.3. The first-order valence-corrected chi connectivity index (χ1v) is 8.25. The van der Waals surface area contributed by atoms with Crippen LogP contribution in [0, 0.1) is 5.92 Å². The average molecular weight is 276 g/mol. The Morgan fingerprint density at radius 1 is 1.26 bits per heavy atom. The van der Waals surface area contributed by atoms with Gasteiger partial charge in [0.25, 0.3) is 0 Å². The van der Waals surface area contributed by atoms with Gasteiger partial charge in [0, 0.05) is 5.75 Å². The largest absolute Gasteiger partial charge is 0.379 e. The van der Waals surface area contributed by atoms with Crippen LogP contribution in [0.2, 0.25) is 0 Å². The highest BCUT2D eigenvalue weighted by Gasteiger charge is 2.14. The molecule has 1 saturated carbocycles. The number of aliphatic imine (C=N–C) groups is 1. The smallest absolute Gasteiger partial charge is 0.154 e. The van der Waals surface area contributed by atoms with Crippen molar-refractivity contribution in [3.63, 3.8) is 0 Å². The number of nitrogens with two attached hydrogens (primary N) is 1. The van der Waals surface area contributed by atoms with Crippen LogP contribution in [-0.2, 0) is 0 Å². The summed E-state index contributed by atoms with van der Waals surface area (Å²) < 4.78 is 0. The van der Waals surface area contributed by atoms with Crippen LogP contribution in [0.1, 0.15) is 50.6 Å². The van der Waals surface area contributed by atoms with Gasteiger partial charge in [-0.3, -0.25) is 4.99 Å². The molecule has 2 nitrogen and oxygen atoms in total. The summed E-state index contributed by atoms with van der Waals surface area (Å²) in [5.41, 5.74) is 7.27. The molecule has 3 heteroatoms. The second-order valence-electron chi connectivity index (χ2n) is 5.37. The fraction of sp³-hybridized carbons (Fsp3) is 0.562. The van der Waals surface area contributed by atoms with E-state index in [0.29, 0.717) is 0 Å². The van der Waals surface area contributed by atoms with Gasteiger partial charge in [0.15, 0.2) is 5.17 Å². The van der Waals surface area contributed by atoms with Crippen LogP contribution < -0.4 is 5.73 Å². The van der Waals surface area contributed by atoms with Crippen molar-refractivity contribution in [3.8, 4) is 0 Å². The lowest BCUT2D eigenvalue weighted by Crippen LogP contribution is -2.14. The number of amidine groups is 1. The summed E-state index contributed by atoms with van der Waals surface area (Å²) in [6, 6.07) is 10.5. The molecule has 0 heterocycles. The van der Waals surface area contributed by atoms with Crippen molar-refractivity contribution in [2.45, 2.75) is 45.1 Å². The molecule has 0 amide bonds. The second kappa shape index (κ2) is 7.59. The number of thioether (sulfide) groups is 1. The predicted octanol–water partition coefficient (Wildman–Crippen LogP) is 4.38. The molecule has 1 fully saturated rings. The van der Waals surface area contributed by atoms with Gasteiger partial charge in [0.1, 0.15) is 0 Å². The number of hydrogen-bond acceptors (Lipinski definition) is 2. The molecule has 19 heavy (non-hydrogen) atoms. The zero-order chi connectivity index (χ0) is 13.5. The molecule has 1 aromatic rings. The maximum absolute atomic E-state index is 6.04. The number of rotatable bonds is 4. The Hall–Kier alpha value is -0.960. The maximum atomic E-state index is 6.04. The van der Waals surface area contributed by atoms with Crippen LogP contribution in [0.5, 0.6) is 0 Å². The monoisotopic (exact) mass is 276 g/mol. The molecule has 0 aliphatic heterocycles. The minimum Gasteiger partial charge on any atom is -0.379 e. The van der Waals surface area contributed by atoms with Gasteiger partial charge in [0.05, 0.1) is 6.04 Å². The van der Waals surface area contributed by atoms with E-state index in [2.05, 4.69) is 24.0 Å². The van der Waals surface area contributed by atoms with E-state index in [1.807, 2.05) is 18.2 Å². The Labute approximate surface area is 120 Å². The minimum absolute atomic E-state index is 0.153. The number of nitrogens with zero attached hydrogens (tertiary/aromatic N) is 1. The van der Waals surface area contributed by atoms with Crippen LogP contribution >= 0.6 is 11.8 Å².